The highest BCUT2D eigenvalue weighted by Crippen LogP contribution is 2.23. The number of aromatic nitrogens is 1. The van der Waals surface area contributed by atoms with Crippen molar-refractivity contribution in [3.63, 3.8) is 0 Å². The molecular formula is C14H18N2. The average molecular weight is 214 g/mol. The molecule has 0 aliphatic heterocycles. The Labute approximate surface area is 96.9 Å². The number of hydrogen-bond acceptors (Lipinski definition) is 2. The molecule has 0 radical (unpaired) electrons. The minimum Gasteiger partial charge on any atom is -0.359 e. The standard InChI is InChI=1S/C14H18N2/c1-3-4-11-16(2)14-13-8-6-5-7-12(13)9-10-15-14/h5-10H,3-4,11H2,1-2H3. The van der Waals surface area contributed by atoms with Crippen LogP contribution in [0.25, 0.3) is 10.8 Å². The van der Waals surface area contributed by atoms with Gasteiger partial charge in [0.25, 0.3) is 0 Å². The zero-order valence-electron chi connectivity index (χ0n) is 9.98. The van der Waals surface area contributed by atoms with Crippen LogP contribution in [0.15, 0.2) is 36.5 Å². The van der Waals surface area contributed by atoms with Crippen LogP contribution < -0.4 is 4.90 Å². The van der Waals surface area contributed by atoms with Crippen molar-refractivity contribution in [1.29, 1.82) is 0 Å². The van der Waals surface area contributed by atoms with Gasteiger partial charge in [0, 0.05) is 25.2 Å². The maximum absolute atomic E-state index is 4.49. The summed E-state index contributed by atoms with van der Waals surface area (Å²) in [6.45, 7) is 3.28. The fraction of sp³-hybridized carbons (Fsp3) is 0.357. The lowest BCUT2D eigenvalue weighted by molar-refractivity contribution is 0.762. The van der Waals surface area contributed by atoms with Crippen LogP contribution >= 0.6 is 0 Å². The summed E-state index contributed by atoms with van der Waals surface area (Å²) in [7, 11) is 2.12. The Morgan fingerprint density at radius 1 is 1.19 bits per heavy atom. The summed E-state index contributed by atoms with van der Waals surface area (Å²) in [5.74, 6) is 1.09. The van der Waals surface area contributed by atoms with Crippen molar-refractivity contribution in [2.75, 3.05) is 18.5 Å². The molecule has 1 heterocycles. The second-order valence-corrected chi connectivity index (χ2v) is 4.13. The quantitative estimate of drug-likeness (QED) is 0.774. The third kappa shape index (κ3) is 2.16. The Bertz CT molecular complexity index is 460. The summed E-state index contributed by atoms with van der Waals surface area (Å²) in [6.07, 6.45) is 4.32. The molecule has 0 saturated heterocycles. The molecule has 0 unspecified atom stereocenters. The number of hydrogen-bond donors (Lipinski definition) is 0. The van der Waals surface area contributed by atoms with Crippen LogP contribution in [-0.4, -0.2) is 18.6 Å². The number of nitrogens with zero attached hydrogens (tertiary/aromatic N) is 2. The van der Waals surface area contributed by atoms with E-state index in [1.165, 1.54) is 23.6 Å². The van der Waals surface area contributed by atoms with E-state index >= 15 is 0 Å². The van der Waals surface area contributed by atoms with Gasteiger partial charge in [0.05, 0.1) is 0 Å². The largest absolute Gasteiger partial charge is 0.359 e. The Kier molecular flexibility index (Phi) is 3.40. The van der Waals surface area contributed by atoms with Gasteiger partial charge >= 0.3 is 0 Å². The minimum atomic E-state index is 1.07. The Balaban J connectivity index is 2.36. The summed E-state index contributed by atoms with van der Waals surface area (Å²) in [5.41, 5.74) is 0. The minimum absolute atomic E-state index is 1.07. The third-order valence-electron chi connectivity index (χ3n) is 2.86. The zero-order valence-corrected chi connectivity index (χ0v) is 9.98. The van der Waals surface area contributed by atoms with E-state index in [1.54, 1.807) is 0 Å². The molecule has 2 heteroatoms. The molecule has 0 aliphatic carbocycles. The first kappa shape index (κ1) is 10.9. The number of benzene rings is 1. The molecule has 16 heavy (non-hydrogen) atoms. The first-order valence-corrected chi connectivity index (χ1v) is 5.88. The van der Waals surface area contributed by atoms with Crippen LogP contribution in [0.5, 0.6) is 0 Å². The number of rotatable bonds is 4. The molecule has 0 amide bonds. The van der Waals surface area contributed by atoms with E-state index in [9.17, 15) is 0 Å². The van der Waals surface area contributed by atoms with Gasteiger partial charge in [0.1, 0.15) is 5.82 Å². The van der Waals surface area contributed by atoms with Crippen molar-refractivity contribution in [2.45, 2.75) is 19.8 Å². The normalized spacial score (nSPS) is 10.6. The summed E-state index contributed by atoms with van der Waals surface area (Å²) in [6, 6.07) is 10.5. The molecule has 0 atom stereocenters. The number of fused-ring (bicyclic) bond motifs is 1. The molecular weight excluding hydrogens is 196 g/mol. The SMILES string of the molecule is CCCCN(C)c1nccc2ccccc12. The summed E-state index contributed by atoms with van der Waals surface area (Å²) in [5, 5.41) is 2.50. The van der Waals surface area contributed by atoms with Gasteiger partial charge in [-0.1, -0.05) is 37.6 Å². The van der Waals surface area contributed by atoms with E-state index < -0.39 is 0 Å². The second-order valence-electron chi connectivity index (χ2n) is 4.13. The highest BCUT2D eigenvalue weighted by Gasteiger charge is 2.05. The van der Waals surface area contributed by atoms with Crippen LogP contribution in [0.2, 0.25) is 0 Å². The van der Waals surface area contributed by atoms with Crippen molar-refractivity contribution < 1.29 is 0 Å². The predicted molar refractivity (Wildman–Crippen MR) is 69.9 cm³/mol. The van der Waals surface area contributed by atoms with Gasteiger partial charge < -0.3 is 4.90 Å². The smallest absolute Gasteiger partial charge is 0.136 e. The second kappa shape index (κ2) is 4.97. The molecule has 1 aromatic heterocycles. The molecule has 0 spiro atoms. The highest BCUT2D eigenvalue weighted by atomic mass is 15.2. The summed E-state index contributed by atoms with van der Waals surface area (Å²) in [4.78, 5) is 6.73. The number of unbranched alkanes of at least 4 members (excludes halogenated alkanes) is 1. The van der Waals surface area contributed by atoms with Crippen molar-refractivity contribution >= 4 is 16.6 Å². The summed E-state index contributed by atoms with van der Waals surface area (Å²) < 4.78 is 0. The van der Waals surface area contributed by atoms with Crippen LogP contribution in [0.3, 0.4) is 0 Å². The Morgan fingerprint density at radius 3 is 2.81 bits per heavy atom. The van der Waals surface area contributed by atoms with Crippen LogP contribution in [-0.2, 0) is 0 Å². The lowest BCUT2D eigenvalue weighted by Crippen LogP contribution is -2.19. The molecule has 2 aromatic rings. The lowest BCUT2D eigenvalue weighted by Gasteiger charge is -2.19. The van der Waals surface area contributed by atoms with Gasteiger partial charge in [0.2, 0.25) is 0 Å². The van der Waals surface area contributed by atoms with E-state index in [4.69, 9.17) is 0 Å². The van der Waals surface area contributed by atoms with Crippen molar-refractivity contribution in [3.05, 3.63) is 36.5 Å². The molecule has 0 aliphatic rings. The van der Waals surface area contributed by atoms with E-state index in [0.29, 0.717) is 0 Å². The average Bonchev–Trinajstić information content (AvgIpc) is 2.35. The highest BCUT2D eigenvalue weighted by molar-refractivity contribution is 5.91. The summed E-state index contributed by atoms with van der Waals surface area (Å²) >= 11 is 0. The van der Waals surface area contributed by atoms with E-state index in [-0.39, 0.29) is 0 Å². The van der Waals surface area contributed by atoms with Gasteiger partial charge in [0.15, 0.2) is 0 Å². The Hall–Kier alpha value is -1.57. The van der Waals surface area contributed by atoms with Gasteiger partial charge in [-0.05, 0) is 17.9 Å². The molecule has 0 saturated carbocycles. The molecule has 2 nitrogen and oxygen atoms in total. The van der Waals surface area contributed by atoms with Gasteiger partial charge in [-0.2, -0.15) is 0 Å². The fourth-order valence-electron chi connectivity index (χ4n) is 1.91. The molecule has 0 fully saturated rings. The molecule has 0 bridgehead atoms. The van der Waals surface area contributed by atoms with Gasteiger partial charge in [-0.25, -0.2) is 4.98 Å². The van der Waals surface area contributed by atoms with Crippen molar-refractivity contribution in [2.24, 2.45) is 0 Å². The maximum atomic E-state index is 4.49. The van der Waals surface area contributed by atoms with Gasteiger partial charge in [-0.3, -0.25) is 0 Å². The van der Waals surface area contributed by atoms with Crippen LogP contribution in [0.4, 0.5) is 5.82 Å². The van der Waals surface area contributed by atoms with Crippen molar-refractivity contribution in [3.8, 4) is 0 Å². The molecule has 84 valence electrons. The Morgan fingerprint density at radius 2 is 2.00 bits per heavy atom. The first-order valence-electron chi connectivity index (χ1n) is 5.88. The first-order chi connectivity index (χ1) is 7.83. The van der Waals surface area contributed by atoms with Gasteiger partial charge in [-0.15, -0.1) is 0 Å². The predicted octanol–water partition coefficient (Wildman–Crippen LogP) is 3.47. The molecule has 1 aromatic carbocycles. The van der Waals surface area contributed by atoms with E-state index in [0.717, 1.165) is 12.4 Å². The zero-order chi connectivity index (χ0) is 11.4. The van der Waals surface area contributed by atoms with E-state index in [1.807, 2.05) is 6.20 Å². The van der Waals surface area contributed by atoms with E-state index in [2.05, 4.69) is 54.2 Å². The molecule has 2 rings (SSSR count). The van der Waals surface area contributed by atoms with Crippen molar-refractivity contribution in [1.82, 2.24) is 4.98 Å². The number of pyridine rings is 1. The third-order valence-corrected chi connectivity index (χ3v) is 2.86. The van der Waals surface area contributed by atoms with Crippen LogP contribution in [0, 0.1) is 0 Å². The fourth-order valence-corrected chi connectivity index (χ4v) is 1.91. The lowest BCUT2D eigenvalue weighted by atomic mass is 10.1. The maximum Gasteiger partial charge on any atom is 0.136 e. The molecule has 0 N–H and O–H groups in total. The topological polar surface area (TPSA) is 16.1 Å². The van der Waals surface area contributed by atoms with Crippen LogP contribution in [0.1, 0.15) is 19.8 Å². The monoisotopic (exact) mass is 214 g/mol. The number of anilines is 1.